The Bertz CT molecular complexity index is 906. The van der Waals surface area contributed by atoms with Crippen molar-refractivity contribution in [2.75, 3.05) is 5.32 Å². The van der Waals surface area contributed by atoms with E-state index in [0.29, 0.717) is 5.02 Å². The van der Waals surface area contributed by atoms with Crippen LogP contribution in [0.1, 0.15) is 30.7 Å². The maximum atomic E-state index is 12.6. The first kappa shape index (κ1) is 18.6. The zero-order valence-corrected chi connectivity index (χ0v) is 16.5. The van der Waals surface area contributed by atoms with E-state index in [1.165, 1.54) is 0 Å². The van der Waals surface area contributed by atoms with Crippen LogP contribution < -0.4 is 5.32 Å². The normalized spacial score (nSPS) is 10.7. The second-order valence-electron chi connectivity index (χ2n) is 6.00. The van der Waals surface area contributed by atoms with E-state index in [4.69, 9.17) is 11.6 Å². The average Bonchev–Trinajstić information content (AvgIpc) is 3.11. The summed E-state index contributed by atoms with van der Waals surface area (Å²) in [5, 5.41) is 6.63. The molecule has 1 N–H and O–H groups in total. The number of halogens is 1. The number of aromatic nitrogens is 1. The largest absolute Gasteiger partial charge is 0.325 e. The second-order valence-corrected chi connectivity index (χ2v) is 7.27. The SMILES string of the molecule is CCc1ccc(Cl)c(CC)c1NC(=O)Cc1csc(-c2ccccc2)n1. The van der Waals surface area contributed by atoms with Gasteiger partial charge in [-0.3, -0.25) is 4.79 Å². The molecule has 3 rings (SSSR count). The number of nitrogens with one attached hydrogen (secondary N) is 1. The maximum absolute atomic E-state index is 12.6. The highest BCUT2D eigenvalue weighted by Gasteiger charge is 2.15. The molecule has 0 aliphatic rings. The van der Waals surface area contributed by atoms with Crippen LogP contribution >= 0.6 is 22.9 Å². The molecule has 1 heterocycles. The van der Waals surface area contributed by atoms with Crippen molar-refractivity contribution in [3.05, 3.63) is 69.7 Å². The quantitative estimate of drug-likeness (QED) is 0.586. The third kappa shape index (κ3) is 4.14. The minimum atomic E-state index is -0.0680. The number of carbonyl (C=O) groups excluding carboxylic acids is 1. The van der Waals surface area contributed by atoms with Crippen LogP contribution in [0.15, 0.2) is 47.8 Å². The number of nitrogens with zero attached hydrogens (tertiary/aromatic N) is 1. The highest BCUT2D eigenvalue weighted by atomic mass is 35.5. The van der Waals surface area contributed by atoms with E-state index in [1.54, 1.807) is 11.3 Å². The summed E-state index contributed by atoms with van der Waals surface area (Å²) in [5.41, 5.74) is 4.79. The fraction of sp³-hybridized carbons (Fsp3) is 0.238. The van der Waals surface area contributed by atoms with Gasteiger partial charge in [0.05, 0.1) is 12.1 Å². The van der Waals surface area contributed by atoms with Gasteiger partial charge in [-0.05, 0) is 30.0 Å². The summed E-state index contributed by atoms with van der Waals surface area (Å²) >= 11 is 7.87. The number of amides is 1. The molecule has 26 heavy (non-hydrogen) atoms. The smallest absolute Gasteiger partial charge is 0.230 e. The maximum Gasteiger partial charge on any atom is 0.230 e. The van der Waals surface area contributed by atoms with Crippen molar-refractivity contribution in [3.8, 4) is 10.6 Å². The number of hydrogen-bond acceptors (Lipinski definition) is 3. The van der Waals surface area contributed by atoms with Gasteiger partial charge in [0.15, 0.2) is 0 Å². The molecule has 0 aliphatic carbocycles. The van der Waals surface area contributed by atoms with Gasteiger partial charge in [0.1, 0.15) is 5.01 Å². The summed E-state index contributed by atoms with van der Waals surface area (Å²) in [5.74, 6) is -0.0680. The molecule has 0 spiro atoms. The van der Waals surface area contributed by atoms with E-state index in [9.17, 15) is 4.79 Å². The predicted molar refractivity (Wildman–Crippen MR) is 110 cm³/mol. The lowest BCUT2D eigenvalue weighted by molar-refractivity contribution is -0.115. The van der Waals surface area contributed by atoms with Crippen LogP contribution in [0.25, 0.3) is 10.6 Å². The lowest BCUT2D eigenvalue weighted by Gasteiger charge is -2.15. The van der Waals surface area contributed by atoms with Crippen LogP contribution in [0.3, 0.4) is 0 Å². The van der Waals surface area contributed by atoms with Crippen LogP contribution in [0.4, 0.5) is 5.69 Å². The Morgan fingerprint density at radius 3 is 2.58 bits per heavy atom. The minimum absolute atomic E-state index is 0.0680. The Labute approximate surface area is 163 Å². The zero-order chi connectivity index (χ0) is 18.5. The molecule has 0 atom stereocenters. The summed E-state index contributed by atoms with van der Waals surface area (Å²) < 4.78 is 0. The molecule has 3 nitrogen and oxygen atoms in total. The summed E-state index contributed by atoms with van der Waals surface area (Å²) in [6.45, 7) is 4.12. The van der Waals surface area contributed by atoms with Gasteiger partial charge < -0.3 is 5.32 Å². The van der Waals surface area contributed by atoms with Crippen molar-refractivity contribution in [1.82, 2.24) is 4.98 Å². The monoisotopic (exact) mass is 384 g/mol. The molecule has 0 bridgehead atoms. The molecule has 0 saturated carbocycles. The van der Waals surface area contributed by atoms with Gasteiger partial charge in [0, 0.05) is 21.7 Å². The van der Waals surface area contributed by atoms with Crippen molar-refractivity contribution in [2.24, 2.45) is 0 Å². The molecule has 1 aromatic heterocycles. The van der Waals surface area contributed by atoms with Gasteiger partial charge in [-0.1, -0.05) is 61.8 Å². The van der Waals surface area contributed by atoms with E-state index in [1.807, 2.05) is 54.8 Å². The van der Waals surface area contributed by atoms with Gasteiger partial charge >= 0.3 is 0 Å². The van der Waals surface area contributed by atoms with Gasteiger partial charge in [0.2, 0.25) is 5.91 Å². The summed E-state index contributed by atoms with van der Waals surface area (Å²) in [6.07, 6.45) is 1.87. The van der Waals surface area contributed by atoms with Crippen molar-refractivity contribution in [2.45, 2.75) is 33.1 Å². The van der Waals surface area contributed by atoms with E-state index in [-0.39, 0.29) is 12.3 Å². The van der Waals surface area contributed by atoms with Crippen molar-refractivity contribution < 1.29 is 4.79 Å². The van der Waals surface area contributed by atoms with Gasteiger partial charge in [-0.25, -0.2) is 4.98 Å². The van der Waals surface area contributed by atoms with E-state index >= 15 is 0 Å². The van der Waals surface area contributed by atoms with Gasteiger partial charge in [-0.2, -0.15) is 0 Å². The molecular formula is C21H21ClN2OS. The summed E-state index contributed by atoms with van der Waals surface area (Å²) in [7, 11) is 0. The van der Waals surface area contributed by atoms with Crippen LogP contribution in [0.2, 0.25) is 5.02 Å². The number of rotatable bonds is 6. The molecule has 0 radical (unpaired) electrons. The van der Waals surface area contributed by atoms with Crippen molar-refractivity contribution in [1.29, 1.82) is 0 Å². The molecule has 5 heteroatoms. The zero-order valence-electron chi connectivity index (χ0n) is 14.9. The second kappa shape index (κ2) is 8.47. The first-order valence-electron chi connectivity index (χ1n) is 8.72. The highest BCUT2D eigenvalue weighted by Crippen LogP contribution is 2.30. The standard InChI is InChI=1S/C21H21ClN2OS/c1-3-14-10-11-18(22)17(4-2)20(14)24-19(25)12-16-13-26-21(23-16)15-8-6-5-7-9-15/h5-11,13H,3-4,12H2,1-2H3,(H,24,25). The van der Waals surface area contributed by atoms with Crippen LogP contribution in [-0.2, 0) is 24.1 Å². The van der Waals surface area contributed by atoms with Crippen LogP contribution in [0, 0.1) is 0 Å². The summed E-state index contributed by atoms with van der Waals surface area (Å²) in [6, 6.07) is 13.9. The van der Waals surface area contributed by atoms with Crippen LogP contribution in [0.5, 0.6) is 0 Å². The highest BCUT2D eigenvalue weighted by molar-refractivity contribution is 7.13. The van der Waals surface area contributed by atoms with Crippen LogP contribution in [-0.4, -0.2) is 10.9 Å². The molecular weight excluding hydrogens is 364 g/mol. The predicted octanol–water partition coefficient (Wildman–Crippen LogP) is 5.77. The van der Waals surface area contributed by atoms with Gasteiger partial charge in [0.25, 0.3) is 0 Å². The molecule has 134 valence electrons. The Morgan fingerprint density at radius 1 is 1.12 bits per heavy atom. The minimum Gasteiger partial charge on any atom is -0.325 e. The first-order valence-corrected chi connectivity index (χ1v) is 9.98. The number of hydrogen-bond donors (Lipinski definition) is 1. The Balaban J connectivity index is 1.76. The van der Waals surface area contributed by atoms with Gasteiger partial charge in [-0.15, -0.1) is 11.3 Å². The van der Waals surface area contributed by atoms with E-state index in [2.05, 4.69) is 17.2 Å². The summed E-state index contributed by atoms with van der Waals surface area (Å²) in [4.78, 5) is 17.2. The number of thiazole rings is 1. The Kier molecular flexibility index (Phi) is 6.07. The first-order chi connectivity index (χ1) is 12.6. The third-order valence-electron chi connectivity index (χ3n) is 4.26. The fourth-order valence-electron chi connectivity index (χ4n) is 2.92. The molecule has 2 aromatic carbocycles. The Morgan fingerprint density at radius 2 is 1.88 bits per heavy atom. The number of carbonyl (C=O) groups is 1. The van der Waals surface area contributed by atoms with E-state index < -0.39 is 0 Å². The topological polar surface area (TPSA) is 42.0 Å². The van der Waals surface area contributed by atoms with E-state index in [0.717, 1.165) is 45.9 Å². The molecule has 1 amide bonds. The number of anilines is 1. The molecule has 0 saturated heterocycles. The molecule has 3 aromatic rings. The number of benzene rings is 2. The lowest BCUT2D eigenvalue weighted by atomic mass is 10.0. The fourth-order valence-corrected chi connectivity index (χ4v) is 4.03. The number of aryl methyl sites for hydroxylation is 1. The third-order valence-corrected chi connectivity index (χ3v) is 5.55. The average molecular weight is 385 g/mol. The van der Waals surface area contributed by atoms with Crippen molar-refractivity contribution >= 4 is 34.5 Å². The lowest BCUT2D eigenvalue weighted by Crippen LogP contribution is -2.17. The molecule has 0 fully saturated rings. The molecule has 0 aliphatic heterocycles. The van der Waals surface area contributed by atoms with Crippen molar-refractivity contribution in [3.63, 3.8) is 0 Å². The Hall–Kier alpha value is -2.17. The molecule has 0 unspecified atom stereocenters.